The molecule has 0 atom stereocenters. The van der Waals surface area contributed by atoms with Crippen molar-refractivity contribution in [2.75, 3.05) is 0 Å². The molecule has 0 saturated carbocycles. The molecular formula is C14H17N3O2S. The van der Waals surface area contributed by atoms with Crippen LogP contribution in [-0.2, 0) is 28.9 Å². The second kappa shape index (κ2) is 6.60. The highest BCUT2D eigenvalue weighted by Crippen LogP contribution is 2.11. The third kappa shape index (κ3) is 4.12. The van der Waals surface area contributed by atoms with Gasteiger partial charge in [0.05, 0.1) is 5.75 Å². The van der Waals surface area contributed by atoms with E-state index < -0.39 is 10.0 Å². The Bertz CT molecular complexity index is 657. The Morgan fingerprint density at radius 3 is 2.35 bits per heavy atom. The van der Waals surface area contributed by atoms with Crippen LogP contribution in [0.3, 0.4) is 0 Å². The summed E-state index contributed by atoms with van der Waals surface area (Å²) in [5.74, 6) is -0.0640. The average molecular weight is 291 g/mol. The molecule has 0 saturated heterocycles. The van der Waals surface area contributed by atoms with Gasteiger partial charge in [0.15, 0.2) is 0 Å². The van der Waals surface area contributed by atoms with E-state index in [0.717, 1.165) is 16.7 Å². The minimum Gasteiger partial charge on any atom is -0.326 e. The van der Waals surface area contributed by atoms with Gasteiger partial charge in [0.1, 0.15) is 0 Å². The fourth-order valence-corrected chi connectivity index (χ4v) is 3.03. The molecule has 3 N–H and O–H groups in total. The molecule has 0 bridgehead atoms. The smallest absolute Gasteiger partial charge is 0.216 e. The van der Waals surface area contributed by atoms with E-state index in [0.29, 0.717) is 6.54 Å². The highest BCUT2D eigenvalue weighted by atomic mass is 32.2. The van der Waals surface area contributed by atoms with Crippen LogP contribution in [0.2, 0.25) is 0 Å². The fraction of sp³-hybridized carbons (Fsp3) is 0.214. The van der Waals surface area contributed by atoms with Crippen molar-refractivity contribution in [3.63, 3.8) is 0 Å². The van der Waals surface area contributed by atoms with Crippen molar-refractivity contribution in [3.05, 3.63) is 65.5 Å². The lowest BCUT2D eigenvalue weighted by Gasteiger charge is -2.10. The van der Waals surface area contributed by atoms with Gasteiger partial charge in [-0.25, -0.2) is 13.1 Å². The first-order valence-corrected chi connectivity index (χ1v) is 7.89. The van der Waals surface area contributed by atoms with E-state index in [4.69, 9.17) is 5.73 Å². The number of nitrogens with one attached hydrogen (secondary N) is 1. The summed E-state index contributed by atoms with van der Waals surface area (Å²) in [5, 5.41) is 0. The van der Waals surface area contributed by atoms with Crippen molar-refractivity contribution < 1.29 is 8.42 Å². The molecule has 0 amide bonds. The highest BCUT2D eigenvalue weighted by Gasteiger charge is 2.13. The lowest BCUT2D eigenvalue weighted by molar-refractivity contribution is 0.580. The molecule has 6 heteroatoms. The summed E-state index contributed by atoms with van der Waals surface area (Å²) in [6.45, 7) is 0.589. The van der Waals surface area contributed by atoms with E-state index in [1.807, 2.05) is 18.2 Å². The lowest BCUT2D eigenvalue weighted by Crippen LogP contribution is -2.25. The first-order valence-electron chi connectivity index (χ1n) is 6.24. The Labute approximate surface area is 118 Å². The molecule has 0 aliphatic heterocycles. The Hall–Kier alpha value is -1.76. The summed E-state index contributed by atoms with van der Waals surface area (Å²) in [6.07, 6.45) is 3.26. The number of aromatic nitrogens is 1. The Morgan fingerprint density at radius 1 is 1.05 bits per heavy atom. The second-order valence-electron chi connectivity index (χ2n) is 4.41. The molecule has 20 heavy (non-hydrogen) atoms. The number of nitrogens with zero attached hydrogens (tertiary/aromatic N) is 1. The minimum absolute atomic E-state index is 0.0640. The van der Waals surface area contributed by atoms with Crippen LogP contribution in [0.1, 0.15) is 16.7 Å². The number of nitrogens with two attached hydrogens (primary N) is 1. The largest absolute Gasteiger partial charge is 0.326 e. The van der Waals surface area contributed by atoms with Crippen LogP contribution < -0.4 is 10.5 Å². The molecule has 0 fully saturated rings. The number of hydrogen-bond acceptors (Lipinski definition) is 4. The fourth-order valence-electron chi connectivity index (χ4n) is 1.85. The van der Waals surface area contributed by atoms with Crippen molar-refractivity contribution in [2.24, 2.45) is 5.73 Å². The molecule has 0 unspecified atom stereocenters. The molecule has 2 rings (SSSR count). The molecule has 1 aromatic carbocycles. The molecule has 0 spiro atoms. The van der Waals surface area contributed by atoms with Gasteiger partial charge < -0.3 is 5.73 Å². The maximum atomic E-state index is 12.1. The van der Waals surface area contributed by atoms with Crippen molar-refractivity contribution in [3.8, 4) is 0 Å². The minimum atomic E-state index is -3.39. The topological polar surface area (TPSA) is 85.1 Å². The van der Waals surface area contributed by atoms with Crippen molar-refractivity contribution >= 4 is 10.0 Å². The summed E-state index contributed by atoms with van der Waals surface area (Å²) in [6, 6.07) is 10.8. The van der Waals surface area contributed by atoms with Gasteiger partial charge in [-0.1, -0.05) is 24.3 Å². The molecule has 1 heterocycles. The van der Waals surface area contributed by atoms with E-state index in [2.05, 4.69) is 9.71 Å². The third-order valence-electron chi connectivity index (χ3n) is 2.93. The second-order valence-corrected chi connectivity index (χ2v) is 6.22. The van der Waals surface area contributed by atoms with E-state index in [1.54, 1.807) is 30.6 Å². The average Bonchev–Trinajstić information content (AvgIpc) is 2.47. The van der Waals surface area contributed by atoms with E-state index in [9.17, 15) is 8.42 Å². The van der Waals surface area contributed by atoms with Crippen LogP contribution >= 0.6 is 0 Å². The van der Waals surface area contributed by atoms with Gasteiger partial charge in [-0.15, -0.1) is 0 Å². The van der Waals surface area contributed by atoms with Crippen LogP contribution in [0.5, 0.6) is 0 Å². The summed E-state index contributed by atoms with van der Waals surface area (Å²) in [4.78, 5) is 3.89. The molecule has 5 nitrogen and oxygen atoms in total. The monoisotopic (exact) mass is 291 g/mol. The summed E-state index contributed by atoms with van der Waals surface area (Å²) < 4.78 is 26.7. The highest BCUT2D eigenvalue weighted by molar-refractivity contribution is 7.88. The zero-order valence-corrected chi connectivity index (χ0v) is 11.8. The van der Waals surface area contributed by atoms with Gasteiger partial charge >= 0.3 is 0 Å². The summed E-state index contributed by atoms with van der Waals surface area (Å²) in [5.41, 5.74) is 8.07. The lowest BCUT2D eigenvalue weighted by atomic mass is 10.1. The van der Waals surface area contributed by atoms with E-state index >= 15 is 0 Å². The SMILES string of the molecule is NCc1ccccc1CS(=O)(=O)NCc1ccncc1. The van der Waals surface area contributed by atoms with Crippen molar-refractivity contribution in [2.45, 2.75) is 18.8 Å². The van der Waals surface area contributed by atoms with Gasteiger partial charge in [0, 0.05) is 25.5 Å². The van der Waals surface area contributed by atoms with Crippen LogP contribution in [0.4, 0.5) is 0 Å². The van der Waals surface area contributed by atoms with Crippen LogP contribution in [0.25, 0.3) is 0 Å². The Balaban J connectivity index is 2.04. The standard InChI is InChI=1S/C14H17N3O2S/c15-9-13-3-1-2-4-14(13)11-20(18,19)17-10-12-5-7-16-8-6-12/h1-8,17H,9-11,15H2. The van der Waals surface area contributed by atoms with Crippen LogP contribution in [-0.4, -0.2) is 13.4 Å². The van der Waals surface area contributed by atoms with Crippen LogP contribution in [0.15, 0.2) is 48.8 Å². The number of benzene rings is 1. The van der Waals surface area contributed by atoms with Gasteiger partial charge in [-0.3, -0.25) is 4.98 Å². The van der Waals surface area contributed by atoms with E-state index in [-0.39, 0.29) is 12.3 Å². The third-order valence-corrected chi connectivity index (χ3v) is 4.20. The summed E-state index contributed by atoms with van der Waals surface area (Å²) in [7, 11) is -3.39. The number of hydrogen-bond donors (Lipinski definition) is 2. The molecule has 0 aliphatic rings. The number of pyridine rings is 1. The molecule has 0 radical (unpaired) electrons. The first-order chi connectivity index (χ1) is 9.61. The molecule has 0 aliphatic carbocycles. The number of sulfonamides is 1. The zero-order chi connectivity index (χ0) is 14.4. The van der Waals surface area contributed by atoms with Gasteiger partial charge in [-0.2, -0.15) is 0 Å². The quantitative estimate of drug-likeness (QED) is 0.836. The normalized spacial score (nSPS) is 11.4. The van der Waals surface area contributed by atoms with Gasteiger partial charge in [-0.05, 0) is 28.8 Å². The summed E-state index contributed by atoms with van der Waals surface area (Å²) >= 11 is 0. The molecule has 2 aromatic rings. The number of rotatable bonds is 6. The maximum Gasteiger partial charge on any atom is 0.216 e. The zero-order valence-electron chi connectivity index (χ0n) is 11.0. The van der Waals surface area contributed by atoms with E-state index in [1.165, 1.54) is 0 Å². The van der Waals surface area contributed by atoms with Crippen LogP contribution in [0, 0.1) is 0 Å². The predicted molar refractivity (Wildman–Crippen MR) is 78.0 cm³/mol. The Morgan fingerprint density at radius 2 is 1.70 bits per heavy atom. The first kappa shape index (κ1) is 14.6. The van der Waals surface area contributed by atoms with Crippen molar-refractivity contribution in [1.82, 2.24) is 9.71 Å². The maximum absolute atomic E-state index is 12.1. The van der Waals surface area contributed by atoms with Gasteiger partial charge in [0.25, 0.3) is 0 Å². The predicted octanol–water partition coefficient (Wildman–Crippen LogP) is 1.16. The molecular weight excluding hydrogens is 274 g/mol. The van der Waals surface area contributed by atoms with Gasteiger partial charge in [0.2, 0.25) is 10.0 Å². The molecule has 1 aromatic heterocycles. The molecule has 106 valence electrons. The Kier molecular flexibility index (Phi) is 4.84. The van der Waals surface area contributed by atoms with Crippen molar-refractivity contribution in [1.29, 1.82) is 0 Å².